The Bertz CT molecular complexity index is 422. The Labute approximate surface area is 104 Å². The van der Waals surface area contributed by atoms with Crippen LogP contribution in [0, 0.1) is 13.8 Å². The van der Waals surface area contributed by atoms with Gasteiger partial charge in [0.25, 0.3) is 0 Å². The van der Waals surface area contributed by atoms with Gasteiger partial charge in [0.1, 0.15) is 4.90 Å². The van der Waals surface area contributed by atoms with E-state index in [1.54, 1.807) is 13.8 Å². The van der Waals surface area contributed by atoms with Crippen molar-refractivity contribution in [2.24, 2.45) is 0 Å². The molecule has 7 heteroatoms. The minimum atomic E-state index is -3.42. The summed E-state index contributed by atoms with van der Waals surface area (Å²) in [4.78, 5) is 0.270. The lowest BCUT2D eigenvalue weighted by Crippen LogP contribution is -2.25. The molecule has 0 aliphatic carbocycles. The van der Waals surface area contributed by atoms with Crippen molar-refractivity contribution < 1.29 is 8.42 Å². The average Bonchev–Trinajstić information content (AvgIpc) is 2.54. The number of aryl methyl sites for hydroxylation is 2. The number of nitrogens with one attached hydrogen (secondary N) is 2. The van der Waals surface area contributed by atoms with Crippen LogP contribution in [0.5, 0.6) is 0 Å². The quantitative estimate of drug-likeness (QED) is 0.617. The highest BCUT2D eigenvalue weighted by Gasteiger charge is 2.21. The molecule has 0 radical (unpaired) electrons. The predicted octanol–water partition coefficient (Wildman–Crippen LogP) is 1.48. The third-order valence-electron chi connectivity index (χ3n) is 2.18. The Morgan fingerprint density at radius 1 is 1.38 bits per heavy atom. The van der Waals surface area contributed by atoms with E-state index in [1.807, 2.05) is 0 Å². The van der Waals surface area contributed by atoms with E-state index in [1.165, 1.54) is 0 Å². The first-order valence-electron chi connectivity index (χ1n) is 5.06. The second-order valence-corrected chi connectivity index (χ2v) is 6.05. The smallest absolute Gasteiger partial charge is 0.244 e. The zero-order valence-corrected chi connectivity index (χ0v) is 11.8. The zero-order chi connectivity index (χ0) is 12.2. The summed E-state index contributed by atoms with van der Waals surface area (Å²) in [6.45, 7) is 3.83. The van der Waals surface area contributed by atoms with Crippen molar-refractivity contribution in [1.29, 1.82) is 0 Å². The van der Waals surface area contributed by atoms with Gasteiger partial charge in [0.15, 0.2) is 0 Å². The van der Waals surface area contributed by atoms with Gasteiger partial charge >= 0.3 is 0 Å². The molecule has 0 fully saturated rings. The van der Waals surface area contributed by atoms with Gasteiger partial charge in [-0.05, 0) is 26.7 Å². The number of H-pyrrole nitrogens is 1. The fourth-order valence-corrected chi connectivity index (χ4v) is 3.27. The van der Waals surface area contributed by atoms with Gasteiger partial charge in [-0.3, -0.25) is 5.10 Å². The van der Waals surface area contributed by atoms with E-state index in [-0.39, 0.29) is 4.90 Å². The molecule has 1 heterocycles. The monoisotopic (exact) mass is 309 g/mol. The summed E-state index contributed by atoms with van der Waals surface area (Å²) < 4.78 is 26.4. The number of aromatic amines is 1. The first-order valence-corrected chi connectivity index (χ1v) is 7.66. The molecule has 0 saturated heterocycles. The molecule has 1 aromatic heterocycles. The van der Waals surface area contributed by atoms with Gasteiger partial charge in [-0.1, -0.05) is 15.9 Å². The van der Waals surface area contributed by atoms with Crippen LogP contribution in [0.4, 0.5) is 0 Å². The Morgan fingerprint density at radius 3 is 2.56 bits per heavy atom. The minimum Gasteiger partial charge on any atom is -0.281 e. The molecule has 0 amide bonds. The van der Waals surface area contributed by atoms with Gasteiger partial charge in [0, 0.05) is 11.9 Å². The Hall–Kier alpha value is -0.400. The Balaban J connectivity index is 2.71. The molecule has 0 unspecified atom stereocenters. The summed E-state index contributed by atoms with van der Waals surface area (Å²) in [6, 6.07) is 0. The van der Waals surface area contributed by atoms with Crippen molar-refractivity contribution in [3.8, 4) is 0 Å². The molecule has 0 aliphatic rings. The fourth-order valence-electron chi connectivity index (χ4n) is 1.43. The molecule has 0 bridgehead atoms. The molecule has 1 rings (SSSR count). The minimum absolute atomic E-state index is 0.270. The predicted molar refractivity (Wildman–Crippen MR) is 66.3 cm³/mol. The maximum atomic E-state index is 11.9. The molecule has 2 N–H and O–H groups in total. The van der Waals surface area contributed by atoms with Crippen molar-refractivity contribution in [2.45, 2.75) is 31.6 Å². The zero-order valence-electron chi connectivity index (χ0n) is 9.38. The summed E-state index contributed by atoms with van der Waals surface area (Å²) in [7, 11) is -3.42. The number of rotatable bonds is 6. The normalized spacial score (nSPS) is 11.9. The molecule has 0 spiro atoms. The average molecular weight is 310 g/mol. The van der Waals surface area contributed by atoms with Crippen LogP contribution in [0.1, 0.15) is 24.2 Å². The lowest BCUT2D eigenvalue weighted by Gasteiger charge is -2.05. The van der Waals surface area contributed by atoms with E-state index >= 15 is 0 Å². The van der Waals surface area contributed by atoms with E-state index in [4.69, 9.17) is 0 Å². The van der Waals surface area contributed by atoms with E-state index in [2.05, 4.69) is 30.8 Å². The lowest BCUT2D eigenvalue weighted by atomic mass is 10.3. The number of hydrogen-bond acceptors (Lipinski definition) is 3. The third kappa shape index (κ3) is 3.29. The maximum absolute atomic E-state index is 11.9. The SMILES string of the molecule is Cc1n[nH]c(C)c1S(=O)(=O)NCCCCBr. The third-order valence-corrected chi connectivity index (χ3v) is 4.47. The van der Waals surface area contributed by atoms with Gasteiger partial charge in [0.2, 0.25) is 10.0 Å². The number of sulfonamides is 1. The number of aromatic nitrogens is 2. The molecule has 0 saturated carbocycles. The first kappa shape index (κ1) is 13.7. The largest absolute Gasteiger partial charge is 0.281 e. The summed E-state index contributed by atoms with van der Waals surface area (Å²) in [5, 5.41) is 7.43. The van der Waals surface area contributed by atoms with Gasteiger partial charge in [-0.15, -0.1) is 0 Å². The molecule has 0 aromatic carbocycles. The van der Waals surface area contributed by atoms with Crippen LogP contribution in [0.15, 0.2) is 4.90 Å². The van der Waals surface area contributed by atoms with Crippen molar-refractivity contribution in [3.63, 3.8) is 0 Å². The molecule has 0 atom stereocenters. The molecule has 16 heavy (non-hydrogen) atoms. The topological polar surface area (TPSA) is 74.8 Å². The van der Waals surface area contributed by atoms with Crippen molar-refractivity contribution in [1.82, 2.24) is 14.9 Å². The number of nitrogens with zero attached hydrogens (tertiary/aromatic N) is 1. The molecule has 0 aliphatic heterocycles. The second-order valence-electron chi connectivity index (χ2n) is 3.56. The fraction of sp³-hybridized carbons (Fsp3) is 0.667. The van der Waals surface area contributed by atoms with Crippen LogP contribution < -0.4 is 4.72 Å². The highest BCUT2D eigenvalue weighted by atomic mass is 79.9. The van der Waals surface area contributed by atoms with E-state index < -0.39 is 10.0 Å². The summed E-state index contributed by atoms with van der Waals surface area (Å²) in [5.74, 6) is 0. The van der Waals surface area contributed by atoms with E-state index in [0.29, 0.717) is 17.9 Å². The van der Waals surface area contributed by atoms with Gasteiger partial charge in [0.05, 0.1) is 11.4 Å². The van der Waals surface area contributed by atoms with Crippen LogP contribution >= 0.6 is 15.9 Å². The second kappa shape index (κ2) is 5.79. The van der Waals surface area contributed by atoms with E-state index in [9.17, 15) is 8.42 Å². The van der Waals surface area contributed by atoms with Crippen molar-refractivity contribution in [2.75, 3.05) is 11.9 Å². The van der Waals surface area contributed by atoms with Crippen LogP contribution in [0.2, 0.25) is 0 Å². The van der Waals surface area contributed by atoms with Crippen LogP contribution in [0.25, 0.3) is 0 Å². The van der Waals surface area contributed by atoms with Gasteiger partial charge in [-0.2, -0.15) is 5.10 Å². The van der Waals surface area contributed by atoms with Crippen molar-refractivity contribution >= 4 is 26.0 Å². The van der Waals surface area contributed by atoms with Crippen molar-refractivity contribution in [3.05, 3.63) is 11.4 Å². The van der Waals surface area contributed by atoms with Crippen LogP contribution in [-0.2, 0) is 10.0 Å². The standard InChI is InChI=1S/C9H16BrN3O2S/c1-7-9(8(2)13-12-7)16(14,15)11-6-4-3-5-10/h11H,3-6H2,1-2H3,(H,12,13). The van der Waals surface area contributed by atoms with E-state index in [0.717, 1.165) is 18.2 Å². The number of alkyl halides is 1. The Morgan fingerprint density at radius 2 is 2.06 bits per heavy atom. The highest BCUT2D eigenvalue weighted by molar-refractivity contribution is 9.09. The number of halogens is 1. The summed E-state index contributed by atoms with van der Waals surface area (Å²) >= 11 is 3.30. The molecule has 5 nitrogen and oxygen atoms in total. The number of unbranched alkanes of at least 4 members (excludes halogenated alkanes) is 1. The summed E-state index contributed by atoms with van der Waals surface area (Å²) in [5.41, 5.74) is 1.08. The van der Waals surface area contributed by atoms with Crippen LogP contribution in [0.3, 0.4) is 0 Å². The Kier molecular flexibility index (Phi) is 4.94. The summed E-state index contributed by atoms with van der Waals surface area (Å²) in [6.07, 6.45) is 1.77. The van der Waals surface area contributed by atoms with Gasteiger partial charge in [-0.25, -0.2) is 13.1 Å². The molecular weight excluding hydrogens is 294 g/mol. The first-order chi connectivity index (χ1) is 7.49. The molecular formula is C9H16BrN3O2S. The highest BCUT2D eigenvalue weighted by Crippen LogP contribution is 2.15. The molecule has 92 valence electrons. The molecule has 1 aromatic rings. The number of hydrogen-bond donors (Lipinski definition) is 2. The van der Waals surface area contributed by atoms with Crippen LogP contribution in [-0.4, -0.2) is 30.5 Å². The maximum Gasteiger partial charge on any atom is 0.244 e. The van der Waals surface area contributed by atoms with Gasteiger partial charge < -0.3 is 0 Å². The lowest BCUT2D eigenvalue weighted by molar-refractivity contribution is 0.577.